The van der Waals surface area contributed by atoms with E-state index in [0.29, 0.717) is 12.0 Å². The van der Waals surface area contributed by atoms with Crippen LogP contribution in [-0.4, -0.2) is 27.5 Å². The van der Waals surface area contributed by atoms with Crippen LogP contribution in [0.25, 0.3) is 11.3 Å². The maximum absolute atomic E-state index is 4.68. The first-order chi connectivity index (χ1) is 12.4. The molecule has 2 aromatic heterocycles. The molecule has 3 aromatic rings. The lowest BCUT2D eigenvalue weighted by Crippen LogP contribution is -2.11. The van der Waals surface area contributed by atoms with Gasteiger partial charge in [-0.2, -0.15) is 4.98 Å². The van der Waals surface area contributed by atoms with Crippen molar-refractivity contribution in [2.24, 2.45) is 0 Å². The van der Waals surface area contributed by atoms with E-state index in [2.05, 4.69) is 37.7 Å². The van der Waals surface area contributed by atoms with Crippen molar-refractivity contribution in [1.29, 1.82) is 0 Å². The lowest BCUT2D eigenvalue weighted by Gasteiger charge is -2.11. The molecule has 0 unspecified atom stereocenters. The van der Waals surface area contributed by atoms with Crippen molar-refractivity contribution < 1.29 is 0 Å². The summed E-state index contributed by atoms with van der Waals surface area (Å²) in [4.78, 5) is 13.6. The fraction of sp³-hybridized carbons (Fsp3) is 0.250. The van der Waals surface area contributed by atoms with Crippen molar-refractivity contribution in [1.82, 2.24) is 15.0 Å². The van der Waals surface area contributed by atoms with Crippen LogP contribution in [0.2, 0.25) is 0 Å². The van der Waals surface area contributed by atoms with Crippen molar-refractivity contribution >= 4 is 11.8 Å². The smallest absolute Gasteiger partial charge is 0.225 e. The maximum Gasteiger partial charge on any atom is 0.225 e. The number of rotatable bonds is 7. The van der Waals surface area contributed by atoms with Crippen LogP contribution < -0.4 is 10.6 Å². The topological polar surface area (TPSA) is 62.7 Å². The Morgan fingerprint density at radius 1 is 0.960 bits per heavy atom. The van der Waals surface area contributed by atoms with Crippen molar-refractivity contribution in [2.75, 3.05) is 17.2 Å². The van der Waals surface area contributed by atoms with Crippen LogP contribution in [0.4, 0.5) is 11.8 Å². The molecule has 4 rings (SSSR count). The quantitative estimate of drug-likeness (QED) is 0.690. The largest absolute Gasteiger partial charge is 0.369 e. The molecule has 0 radical (unpaired) electrons. The predicted octanol–water partition coefficient (Wildman–Crippen LogP) is 3.77. The summed E-state index contributed by atoms with van der Waals surface area (Å²) in [5.74, 6) is 1.54. The van der Waals surface area contributed by atoms with Crippen molar-refractivity contribution in [3.05, 3.63) is 66.5 Å². The minimum absolute atomic E-state index is 0.521. The Morgan fingerprint density at radius 3 is 2.56 bits per heavy atom. The summed E-state index contributed by atoms with van der Waals surface area (Å²) in [6, 6.07) is 18.7. The van der Waals surface area contributed by atoms with E-state index in [-0.39, 0.29) is 0 Å². The highest BCUT2D eigenvalue weighted by molar-refractivity contribution is 5.64. The Morgan fingerprint density at radius 2 is 1.80 bits per heavy atom. The Bertz CT molecular complexity index is 816. The van der Waals surface area contributed by atoms with Crippen LogP contribution in [0.5, 0.6) is 0 Å². The molecule has 1 aliphatic carbocycles. The molecule has 2 N–H and O–H groups in total. The Labute approximate surface area is 147 Å². The standard InChI is InChI=1S/C20H21N5/c1-2-6-15(7-3-1)18-14-19(25-20(24-18)23-17-9-10-17)22-13-11-16-8-4-5-12-21-16/h1-8,12,14,17H,9-11,13H2,(H2,22,23,24,25). The third-order valence-electron chi connectivity index (χ3n) is 4.12. The second kappa shape index (κ2) is 7.30. The normalized spacial score (nSPS) is 13.4. The van der Waals surface area contributed by atoms with Crippen LogP contribution in [-0.2, 0) is 6.42 Å². The van der Waals surface area contributed by atoms with Gasteiger partial charge in [-0.25, -0.2) is 4.98 Å². The summed E-state index contributed by atoms with van der Waals surface area (Å²) in [6.07, 6.45) is 5.07. The predicted molar refractivity (Wildman–Crippen MR) is 101 cm³/mol. The van der Waals surface area contributed by atoms with Crippen LogP contribution >= 0.6 is 0 Å². The summed E-state index contributed by atoms with van der Waals surface area (Å²) in [7, 11) is 0. The zero-order chi connectivity index (χ0) is 16.9. The second-order valence-electron chi connectivity index (χ2n) is 6.24. The highest BCUT2D eigenvalue weighted by Crippen LogP contribution is 2.26. The van der Waals surface area contributed by atoms with Crippen LogP contribution in [0.15, 0.2) is 60.8 Å². The van der Waals surface area contributed by atoms with Crippen molar-refractivity contribution in [3.63, 3.8) is 0 Å². The Balaban J connectivity index is 1.51. The molecular weight excluding hydrogens is 310 g/mol. The van der Waals surface area contributed by atoms with Crippen LogP contribution in [0.3, 0.4) is 0 Å². The van der Waals surface area contributed by atoms with Crippen LogP contribution in [0.1, 0.15) is 18.5 Å². The first-order valence-electron chi connectivity index (χ1n) is 8.72. The number of aromatic nitrogens is 3. The highest BCUT2D eigenvalue weighted by Gasteiger charge is 2.22. The molecule has 1 aliphatic rings. The number of hydrogen-bond donors (Lipinski definition) is 2. The third-order valence-corrected chi connectivity index (χ3v) is 4.12. The highest BCUT2D eigenvalue weighted by atomic mass is 15.2. The zero-order valence-electron chi connectivity index (χ0n) is 14.0. The van der Waals surface area contributed by atoms with Gasteiger partial charge in [-0.1, -0.05) is 36.4 Å². The SMILES string of the molecule is c1ccc(-c2cc(NCCc3ccccn3)nc(NC3CC3)n2)cc1. The lowest BCUT2D eigenvalue weighted by molar-refractivity contribution is 0.949. The Hall–Kier alpha value is -2.95. The molecule has 0 saturated heterocycles. The first-order valence-corrected chi connectivity index (χ1v) is 8.72. The van der Waals surface area contributed by atoms with Gasteiger partial charge >= 0.3 is 0 Å². The number of anilines is 2. The maximum atomic E-state index is 4.68. The van der Waals surface area contributed by atoms with E-state index in [1.54, 1.807) is 0 Å². The van der Waals surface area contributed by atoms with E-state index in [1.165, 1.54) is 12.8 Å². The molecule has 126 valence electrons. The molecule has 0 atom stereocenters. The average Bonchev–Trinajstić information content (AvgIpc) is 3.47. The molecule has 0 spiro atoms. The van der Waals surface area contributed by atoms with Crippen molar-refractivity contribution in [2.45, 2.75) is 25.3 Å². The molecule has 1 aromatic carbocycles. The monoisotopic (exact) mass is 331 g/mol. The number of nitrogens with zero attached hydrogens (tertiary/aromatic N) is 3. The average molecular weight is 331 g/mol. The van der Waals surface area contributed by atoms with Crippen LogP contribution in [0, 0.1) is 0 Å². The van der Waals surface area contributed by atoms with E-state index in [4.69, 9.17) is 0 Å². The van der Waals surface area contributed by atoms with E-state index in [1.807, 2.05) is 48.7 Å². The van der Waals surface area contributed by atoms with Gasteiger partial charge in [-0.15, -0.1) is 0 Å². The van der Waals surface area contributed by atoms with Crippen molar-refractivity contribution in [3.8, 4) is 11.3 Å². The second-order valence-corrected chi connectivity index (χ2v) is 6.24. The number of hydrogen-bond acceptors (Lipinski definition) is 5. The molecule has 25 heavy (non-hydrogen) atoms. The molecule has 0 aliphatic heterocycles. The number of pyridine rings is 1. The van der Waals surface area contributed by atoms with Gasteiger partial charge in [0.2, 0.25) is 5.95 Å². The molecule has 1 saturated carbocycles. The van der Waals surface area contributed by atoms with E-state index in [0.717, 1.165) is 35.7 Å². The fourth-order valence-electron chi connectivity index (χ4n) is 2.63. The fourth-order valence-corrected chi connectivity index (χ4v) is 2.63. The molecule has 0 amide bonds. The molecule has 0 bridgehead atoms. The van der Waals surface area contributed by atoms with Gasteiger partial charge in [0.15, 0.2) is 0 Å². The molecule has 1 fully saturated rings. The molecular formula is C20H21N5. The van der Waals surface area contributed by atoms with E-state index in [9.17, 15) is 0 Å². The van der Waals surface area contributed by atoms with Gasteiger partial charge in [0, 0.05) is 42.5 Å². The lowest BCUT2D eigenvalue weighted by atomic mass is 10.1. The van der Waals surface area contributed by atoms with Gasteiger partial charge in [0.25, 0.3) is 0 Å². The summed E-state index contributed by atoms with van der Waals surface area (Å²) in [5.41, 5.74) is 3.10. The summed E-state index contributed by atoms with van der Waals surface area (Å²) in [5, 5.41) is 6.81. The third kappa shape index (κ3) is 4.32. The summed E-state index contributed by atoms with van der Waals surface area (Å²) >= 11 is 0. The first kappa shape index (κ1) is 15.6. The molecule has 5 nitrogen and oxygen atoms in total. The minimum atomic E-state index is 0.521. The number of nitrogens with one attached hydrogen (secondary N) is 2. The summed E-state index contributed by atoms with van der Waals surface area (Å²) in [6.45, 7) is 0.783. The summed E-state index contributed by atoms with van der Waals surface area (Å²) < 4.78 is 0. The van der Waals surface area contributed by atoms with Gasteiger partial charge in [0.05, 0.1) is 5.69 Å². The number of benzene rings is 1. The minimum Gasteiger partial charge on any atom is -0.369 e. The zero-order valence-corrected chi connectivity index (χ0v) is 14.0. The van der Waals surface area contributed by atoms with E-state index < -0.39 is 0 Å². The Kier molecular flexibility index (Phi) is 4.55. The van der Waals surface area contributed by atoms with Gasteiger partial charge in [0.1, 0.15) is 5.82 Å². The van der Waals surface area contributed by atoms with Gasteiger partial charge in [-0.05, 0) is 25.0 Å². The van der Waals surface area contributed by atoms with Gasteiger partial charge in [-0.3, -0.25) is 4.98 Å². The van der Waals surface area contributed by atoms with E-state index >= 15 is 0 Å². The van der Waals surface area contributed by atoms with Gasteiger partial charge < -0.3 is 10.6 Å². The molecule has 5 heteroatoms. The molecule has 2 heterocycles.